The van der Waals surface area contributed by atoms with Gasteiger partial charge in [-0.2, -0.15) is 5.10 Å². The van der Waals surface area contributed by atoms with Gasteiger partial charge in [0.15, 0.2) is 0 Å². The highest BCUT2D eigenvalue weighted by Crippen LogP contribution is 2.06. The molecular formula is C10H11N3O2. The van der Waals surface area contributed by atoms with Crippen molar-refractivity contribution < 1.29 is 9.90 Å². The van der Waals surface area contributed by atoms with Gasteiger partial charge < -0.3 is 9.67 Å². The molecule has 5 nitrogen and oxygen atoms in total. The molecule has 15 heavy (non-hydrogen) atoms. The molecule has 78 valence electrons. The Bertz CT molecular complexity index is 484. The maximum Gasteiger partial charge on any atom is 0.352 e. The van der Waals surface area contributed by atoms with Crippen LogP contribution in [0.2, 0.25) is 0 Å². The van der Waals surface area contributed by atoms with Crippen molar-refractivity contribution in [3.05, 3.63) is 42.0 Å². The Morgan fingerprint density at radius 2 is 2.33 bits per heavy atom. The zero-order valence-electron chi connectivity index (χ0n) is 8.29. The third kappa shape index (κ3) is 1.76. The molecule has 2 rings (SSSR count). The van der Waals surface area contributed by atoms with Gasteiger partial charge in [0.05, 0.1) is 12.2 Å². The Morgan fingerprint density at radius 3 is 2.93 bits per heavy atom. The Hall–Kier alpha value is -2.04. The van der Waals surface area contributed by atoms with Gasteiger partial charge >= 0.3 is 5.97 Å². The fourth-order valence-electron chi connectivity index (χ4n) is 1.48. The second kappa shape index (κ2) is 3.61. The first-order chi connectivity index (χ1) is 7.18. The molecule has 0 atom stereocenters. The van der Waals surface area contributed by atoms with Crippen molar-refractivity contribution >= 4 is 5.97 Å². The average molecular weight is 205 g/mol. The van der Waals surface area contributed by atoms with Crippen LogP contribution in [0.3, 0.4) is 0 Å². The molecule has 0 amide bonds. The van der Waals surface area contributed by atoms with E-state index in [1.54, 1.807) is 33.8 Å². The number of carbonyl (C=O) groups is 1. The van der Waals surface area contributed by atoms with E-state index in [-0.39, 0.29) is 5.69 Å². The first-order valence-corrected chi connectivity index (χ1v) is 4.54. The third-order valence-corrected chi connectivity index (χ3v) is 2.30. The minimum absolute atomic E-state index is 0.288. The van der Waals surface area contributed by atoms with Crippen LogP contribution < -0.4 is 0 Å². The first kappa shape index (κ1) is 9.51. The molecule has 0 radical (unpaired) electrons. The minimum atomic E-state index is -0.915. The van der Waals surface area contributed by atoms with Gasteiger partial charge in [0.25, 0.3) is 0 Å². The summed E-state index contributed by atoms with van der Waals surface area (Å²) in [6.07, 6.45) is 3.44. The summed E-state index contributed by atoms with van der Waals surface area (Å²) < 4.78 is 3.41. The van der Waals surface area contributed by atoms with E-state index in [9.17, 15) is 4.79 Å². The van der Waals surface area contributed by atoms with Crippen molar-refractivity contribution in [3.8, 4) is 0 Å². The van der Waals surface area contributed by atoms with Crippen LogP contribution in [-0.4, -0.2) is 25.4 Å². The summed E-state index contributed by atoms with van der Waals surface area (Å²) in [5.41, 5.74) is 1.25. The number of aromatic carboxylic acids is 1. The van der Waals surface area contributed by atoms with E-state index < -0.39 is 5.97 Å². The first-order valence-electron chi connectivity index (χ1n) is 4.54. The third-order valence-electron chi connectivity index (χ3n) is 2.30. The highest BCUT2D eigenvalue weighted by molar-refractivity contribution is 5.85. The molecule has 0 aliphatic rings. The summed E-state index contributed by atoms with van der Waals surface area (Å²) in [4.78, 5) is 10.9. The van der Waals surface area contributed by atoms with Gasteiger partial charge in [-0.15, -0.1) is 0 Å². The van der Waals surface area contributed by atoms with Gasteiger partial charge in [-0.25, -0.2) is 4.79 Å². The van der Waals surface area contributed by atoms with Crippen LogP contribution in [0, 0.1) is 0 Å². The number of carboxylic acids is 1. The molecule has 2 heterocycles. The van der Waals surface area contributed by atoms with Crippen molar-refractivity contribution in [2.24, 2.45) is 7.05 Å². The summed E-state index contributed by atoms with van der Waals surface area (Å²) in [5, 5.41) is 12.9. The summed E-state index contributed by atoms with van der Waals surface area (Å²) in [6, 6.07) is 5.17. The second-order valence-electron chi connectivity index (χ2n) is 3.27. The number of carboxylic acid groups (broad SMARTS) is 1. The fourth-order valence-corrected chi connectivity index (χ4v) is 1.48. The topological polar surface area (TPSA) is 60.0 Å². The van der Waals surface area contributed by atoms with Crippen molar-refractivity contribution in [3.63, 3.8) is 0 Å². The van der Waals surface area contributed by atoms with Crippen molar-refractivity contribution in [1.29, 1.82) is 0 Å². The second-order valence-corrected chi connectivity index (χ2v) is 3.27. The lowest BCUT2D eigenvalue weighted by atomic mass is 10.4. The fraction of sp³-hybridized carbons (Fsp3) is 0.200. The Kier molecular flexibility index (Phi) is 2.29. The van der Waals surface area contributed by atoms with Gasteiger partial charge in [-0.1, -0.05) is 0 Å². The molecule has 2 aromatic heterocycles. The molecule has 0 aromatic carbocycles. The van der Waals surface area contributed by atoms with E-state index in [0.717, 1.165) is 5.69 Å². The summed E-state index contributed by atoms with van der Waals surface area (Å²) in [5.74, 6) is -0.915. The highest BCUT2D eigenvalue weighted by atomic mass is 16.4. The lowest BCUT2D eigenvalue weighted by molar-refractivity contribution is 0.0685. The monoisotopic (exact) mass is 205 g/mol. The smallest absolute Gasteiger partial charge is 0.352 e. The molecule has 2 aromatic rings. The molecule has 0 spiro atoms. The molecule has 0 aliphatic carbocycles. The van der Waals surface area contributed by atoms with Crippen LogP contribution in [0.25, 0.3) is 0 Å². The van der Waals surface area contributed by atoms with E-state index in [1.807, 2.05) is 13.1 Å². The Balaban J connectivity index is 2.28. The molecule has 0 saturated heterocycles. The summed E-state index contributed by atoms with van der Waals surface area (Å²) >= 11 is 0. The maximum atomic E-state index is 10.9. The number of hydrogen-bond donors (Lipinski definition) is 1. The average Bonchev–Trinajstić information content (AvgIpc) is 2.77. The highest BCUT2D eigenvalue weighted by Gasteiger charge is 2.09. The van der Waals surface area contributed by atoms with Gasteiger partial charge in [-0.05, 0) is 18.2 Å². The molecule has 5 heteroatoms. The molecule has 0 saturated carbocycles. The number of hydrogen-bond acceptors (Lipinski definition) is 2. The molecule has 1 N–H and O–H groups in total. The zero-order valence-corrected chi connectivity index (χ0v) is 8.29. The summed E-state index contributed by atoms with van der Waals surface area (Å²) in [7, 11) is 1.83. The molecule has 0 fully saturated rings. The van der Waals surface area contributed by atoms with Gasteiger partial charge in [0.2, 0.25) is 0 Å². The molecule has 0 bridgehead atoms. The zero-order chi connectivity index (χ0) is 10.8. The van der Waals surface area contributed by atoms with E-state index in [0.29, 0.717) is 6.54 Å². The normalized spacial score (nSPS) is 10.5. The van der Waals surface area contributed by atoms with E-state index in [2.05, 4.69) is 5.10 Å². The Labute approximate surface area is 86.6 Å². The number of aryl methyl sites for hydroxylation is 1. The number of aromatic nitrogens is 3. The largest absolute Gasteiger partial charge is 0.477 e. The molecule has 0 aliphatic heterocycles. The molecular weight excluding hydrogens is 194 g/mol. The van der Waals surface area contributed by atoms with Crippen LogP contribution in [0.4, 0.5) is 0 Å². The van der Waals surface area contributed by atoms with Gasteiger partial charge in [0, 0.05) is 19.4 Å². The predicted molar refractivity (Wildman–Crippen MR) is 53.7 cm³/mol. The predicted octanol–water partition coefficient (Wildman–Crippen LogP) is 0.968. The lowest BCUT2D eigenvalue weighted by Crippen LogP contribution is -2.10. The standard InChI is InChI=1S/C10H11N3O2/c1-12-8(4-5-11-12)7-13-6-2-3-9(13)10(14)15/h2-6H,7H2,1H3,(H,14,15). The van der Waals surface area contributed by atoms with E-state index in [4.69, 9.17) is 5.11 Å². The van der Waals surface area contributed by atoms with Crippen LogP contribution in [0.15, 0.2) is 30.6 Å². The van der Waals surface area contributed by atoms with Crippen LogP contribution in [-0.2, 0) is 13.6 Å². The SMILES string of the molecule is Cn1nccc1Cn1cccc1C(=O)O. The summed E-state index contributed by atoms with van der Waals surface area (Å²) in [6.45, 7) is 0.519. The van der Waals surface area contributed by atoms with E-state index in [1.165, 1.54) is 0 Å². The number of rotatable bonds is 3. The van der Waals surface area contributed by atoms with Gasteiger partial charge in [-0.3, -0.25) is 4.68 Å². The van der Waals surface area contributed by atoms with Crippen LogP contribution in [0.5, 0.6) is 0 Å². The quantitative estimate of drug-likeness (QED) is 0.812. The van der Waals surface area contributed by atoms with Crippen LogP contribution in [0.1, 0.15) is 16.2 Å². The maximum absolute atomic E-state index is 10.9. The van der Waals surface area contributed by atoms with Crippen molar-refractivity contribution in [2.75, 3.05) is 0 Å². The van der Waals surface area contributed by atoms with Crippen molar-refractivity contribution in [2.45, 2.75) is 6.54 Å². The van der Waals surface area contributed by atoms with Gasteiger partial charge in [0.1, 0.15) is 5.69 Å². The molecule has 0 unspecified atom stereocenters. The lowest BCUT2D eigenvalue weighted by Gasteiger charge is -2.06. The Morgan fingerprint density at radius 1 is 1.53 bits per heavy atom. The minimum Gasteiger partial charge on any atom is -0.477 e. The van der Waals surface area contributed by atoms with Crippen molar-refractivity contribution in [1.82, 2.24) is 14.3 Å². The van der Waals surface area contributed by atoms with Crippen LogP contribution >= 0.6 is 0 Å². The van der Waals surface area contributed by atoms with E-state index >= 15 is 0 Å². The number of nitrogens with zero attached hydrogens (tertiary/aromatic N) is 3.